The van der Waals surface area contributed by atoms with Crippen LogP contribution in [0.4, 0.5) is 4.79 Å². The Kier molecular flexibility index (Phi) is 6.40. The zero-order chi connectivity index (χ0) is 24.4. The summed E-state index contributed by atoms with van der Waals surface area (Å²) in [6, 6.07) is 26.9. The van der Waals surface area contributed by atoms with Crippen LogP contribution in [0, 0.1) is 0 Å². The quantitative estimate of drug-likeness (QED) is 0.310. The third-order valence-electron chi connectivity index (χ3n) is 6.67. The number of phenols is 1. The standard InChI is InChI=1S/C29H27NO5/c31-26(28(33)24-14-13-18-7-1-2-8-19(18)27(24)32)15-16-30-29(34)35-17-25-22-11-5-3-9-20(22)21-10-4-6-12-23(21)25/h1-14,25-26,28,31-33H,15-17H2,(H,30,34). The molecule has 178 valence electrons. The minimum absolute atomic E-state index is 0.0311. The van der Waals surface area contributed by atoms with Crippen LogP contribution in [0.25, 0.3) is 21.9 Å². The number of carbonyl (C=O) groups excluding carboxylic acids is 1. The van der Waals surface area contributed by atoms with E-state index in [4.69, 9.17) is 4.74 Å². The molecule has 2 unspecified atom stereocenters. The third-order valence-corrected chi connectivity index (χ3v) is 6.67. The van der Waals surface area contributed by atoms with Gasteiger partial charge >= 0.3 is 6.09 Å². The maximum atomic E-state index is 12.3. The second-order valence-electron chi connectivity index (χ2n) is 8.78. The van der Waals surface area contributed by atoms with Crippen LogP contribution >= 0.6 is 0 Å². The van der Waals surface area contributed by atoms with E-state index in [1.54, 1.807) is 24.3 Å². The van der Waals surface area contributed by atoms with E-state index in [-0.39, 0.29) is 36.8 Å². The summed E-state index contributed by atoms with van der Waals surface area (Å²) in [6.45, 7) is 0.319. The summed E-state index contributed by atoms with van der Waals surface area (Å²) < 4.78 is 5.50. The van der Waals surface area contributed by atoms with E-state index in [9.17, 15) is 20.1 Å². The molecule has 0 saturated carbocycles. The number of hydrogen-bond acceptors (Lipinski definition) is 5. The van der Waals surface area contributed by atoms with E-state index in [0.29, 0.717) is 5.39 Å². The van der Waals surface area contributed by atoms with Gasteiger partial charge in [-0.1, -0.05) is 84.9 Å². The molecule has 2 atom stereocenters. The van der Waals surface area contributed by atoms with E-state index in [0.717, 1.165) is 27.6 Å². The molecule has 5 rings (SSSR count). The van der Waals surface area contributed by atoms with Crippen molar-refractivity contribution in [3.8, 4) is 16.9 Å². The van der Waals surface area contributed by atoms with Crippen molar-refractivity contribution in [1.82, 2.24) is 5.32 Å². The van der Waals surface area contributed by atoms with Crippen LogP contribution in [0.2, 0.25) is 0 Å². The van der Waals surface area contributed by atoms with Crippen molar-refractivity contribution in [3.05, 3.63) is 102 Å². The van der Waals surface area contributed by atoms with Gasteiger partial charge in [0.15, 0.2) is 0 Å². The van der Waals surface area contributed by atoms with Gasteiger partial charge in [0.05, 0.1) is 6.10 Å². The molecule has 0 aromatic heterocycles. The highest BCUT2D eigenvalue weighted by molar-refractivity contribution is 5.89. The van der Waals surface area contributed by atoms with Crippen LogP contribution in [0.5, 0.6) is 5.75 Å². The lowest BCUT2D eigenvalue weighted by Crippen LogP contribution is -2.30. The first-order valence-electron chi connectivity index (χ1n) is 11.7. The molecule has 35 heavy (non-hydrogen) atoms. The molecule has 1 amide bonds. The number of rotatable bonds is 7. The number of aliphatic hydroxyl groups is 2. The number of carbonyl (C=O) groups is 1. The number of nitrogens with one attached hydrogen (secondary N) is 1. The SMILES string of the molecule is O=C(NCCC(O)C(O)c1ccc2ccccc2c1O)OCC1c2ccccc2-c2ccccc21. The average molecular weight is 470 g/mol. The number of aromatic hydroxyl groups is 1. The number of amides is 1. The summed E-state index contributed by atoms with van der Waals surface area (Å²) in [4.78, 5) is 12.3. The van der Waals surface area contributed by atoms with E-state index >= 15 is 0 Å². The molecule has 0 saturated heterocycles. The summed E-state index contributed by atoms with van der Waals surface area (Å²) in [6.07, 6.45) is -2.94. The van der Waals surface area contributed by atoms with Crippen molar-refractivity contribution in [1.29, 1.82) is 0 Å². The van der Waals surface area contributed by atoms with Crippen molar-refractivity contribution in [2.75, 3.05) is 13.2 Å². The van der Waals surface area contributed by atoms with Crippen molar-refractivity contribution in [2.24, 2.45) is 0 Å². The normalized spacial score (nSPS) is 14.2. The largest absolute Gasteiger partial charge is 0.507 e. The predicted molar refractivity (Wildman–Crippen MR) is 134 cm³/mol. The van der Waals surface area contributed by atoms with Crippen molar-refractivity contribution in [3.63, 3.8) is 0 Å². The van der Waals surface area contributed by atoms with Gasteiger partial charge in [-0.05, 0) is 34.1 Å². The fourth-order valence-electron chi connectivity index (χ4n) is 4.85. The van der Waals surface area contributed by atoms with Crippen LogP contribution in [0.15, 0.2) is 84.9 Å². The second-order valence-corrected chi connectivity index (χ2v) is 8.78. The topological polar surface area (TPSA) is 99.0 Å². The third kappa shape index (κ3) is 4.46. The van der Waals surface area contributed by atoms with E-state index < -0.39 is 18.3 Å². The van der Waals surface area contributed by atoms with Gasteiger partial charge in [0.2, 0.25) is 0 Å². The molecule has 6 heteroatoms. The van der Waals surface area contributed by atoms with Crippen LogP contribution in [-0.4, -0.2) is 40.7 Å². The molecular formula is C29H27NO5. The number of alkyl carbamates (subject to hydrolysis) is 1. The molecular weight excluding hydrogens is 442 g/mol. The van der Waals surface area contributed by atoms with Gasteiger partial charge < -0.3 is 25.4 Å². The highest BCUT2D eigenvalue weighted by Gasteiger charge is 2.29. The molecule has 0 radical (unpaired) electrons. The maximum absolute atomic E-state index is 12.3. The monoisotopic (exact) mass is 469 g/mol. The Labute approximate surface area is 203 Å². The zero-order valence-corrected chi connectivity index (χ0v) is 19.1. The lowest BCUT2D eigenvalue weighted by molar-refractivity contribution is 0.0125. The minimum atomic E-state index is -1.29. The number of hydrogen-bond donors (Lipinski definition) is 4. The lowest BCUT2D eigenvalue weighted by Gasteiger charge is -2.20. The summed E-state index contributed by atoms with van der Waals surface area (Å²) in [5.74, 6) is -0.0874. The van der Waals surface area contributed by atoms with Crippen LogP contribution in [-0.2, 0) is 4.74 Å². The smallest absolute Gasteiger partial charge is 0.407 e. The fraction of sp³-hybridized carbons (Fsp3) is 0.207. The number of phenolic OH excluding ortho intramolecular Hbond substituents is 1. The van der Waals surface area contributed by atoms with Crippen molar-refractivity contribution < 1.29 is 24.9 Å². The minimum Gasteiger partial charge on any atom is -0.507 e. The van der Waals surface area contributed by atoms with E-state index in [1.165, 1.54) is 0 Å². The summed E-state index contributed by atoms with van der Waals surface area (Å²) in [5.41, 5.74) is 4.83. The first-order chi connectivity index (χ1) is 17.0. The van der Waals surface area contributed by atoms with E-state index in [2.05, 4.69) is 29.6 Å². The summed E-state index contributed by atoms with van der Waals surface area (Å²) in [5, 5.41) is 35.6. The summed E-state index contributed by atoms with van der Waals surface area (Å²) >= 11 is 0. The van der Waals surface area contributed by atoms with Gasteiger partial charge in [0, 0.05) is 23.4 Å². The van der Waals surface area contributed by atoms with Gasteiger partial charge in [0.25, 0.3) is 0 Å². The zero-order valence-electron chi connectivity index (χ0n) is 19.1. The van der Waals surface area contributed by atoms with Gasteiger partial charge in [-0.3, -0.25) is 0 Å². The van der Waals surface area contributed by atoms with Crippen molar-refractivity contribution in [2.45, 2.75) is 24.5 Å². The first-order valence-corrected chi connectivity index (χ1v) is 11.7. The fourth-order valence-corrected chi connectivity index (χ4v) is 4.85. The number of aliphatic hydroxyl groups excluding tert-OH is 2. The van der Waals surface area contributed by atoms with Crippen LogP contribution < -0.4 is 5.32 Å². The molecule has 4 aromatic carbocycles. The highest BCUT2D eigenvalue weighted by Crippen LogP contribution is 2.44. The molecule has 0 aliphatic heterocycles. The van der Waals surface area contributed by atoms with E-state index in [1.807, 2.05) is 36.4 Å². The Morgan fingerprint density at radius 3 is 2.20 bits per heavy atom. The molecule has 1 aliphatic rings. The van der Waals surface area contributed by atoms with Crippen molar-refractivity contribution >= 4 is 16.9 Å². The van der Waals surface area contributed by atoms with Crippen LogP contribution in [0.1, 0.15) is 35.1 Å². The van der Waals surface area contributed by atoms with Gasteiger partial charge in [0.1, 0.15) is 18.5 Å². The van der Waals surface area contributed by atoms with Gasteiger partial charge in [-0.2, -0.15) is 0 Å². The number of benzene rings is 4. The molecule has 6 nitrogen and oxygen atoms in total. The highest BCUT2D eigenvalue weighted by atomic mass is 16.5. The Balaban J connectivity index is 1.15. The second kappa shape index (κ2) is 9.78. The number of ether oxygens (including phenoxy) is 1. The molecule has 0 spiro atoms. The molecule has 1 aliphatic carbocycles. The molecule has 4 N–H and O–H groups in total. The van der Waals surface area contributed by atoms with Gasteiger partial charge in [-0.15, -0.1) is 0 Å². The Bertz CT molecular complexity index is 1320. The lowest BCUT2D eigenvalue weighted by atomic mass is 9.97. The molecule has 0 bridgehead atoms. The van der Waals surface area contributed by atoms with Gasteiger partial charge in [-0.25, -0.2) is 4.79 Å². The molecule has 0 fully saturated rings. The Morgan fingerprint density at radius 1 is 0.857 bits per heavy atom. The van der Waals surface area contributed by atoms with Crippen LogP contribution in [0.3, 0.4) is 0 Å². The number of fused-ring (bicyclic) bond motifs is 4. The Morgan fingerprint density at radius 2 is 1.49 bits per heavy atom. The molecule has 0 heterocycles. The maximum Gasteiger partial charge on any atom is 0.407 e. The molecule has 4 aromatic rings. The summed E-state index contributed by atoms with van der Waals surface area (Å²) in [7, 11) is 0. The Hall–Kier alpha value is -3.87. The first kappa shape index (κ1) is 22.9. The predicted octanol–water partition coefficient (Wildman–Crippen LogP) is 4.87. The average Bonchev–Trinajstić information content (AvgIpc) is 3.21.